The fourth-order valence-corrected chi connectivity index (χ4v) is 5.17. The van der Waals surface area contributed by atoms with Crippen LogP contribution in [0.4, 0.5) is 0 Å². The smallest absolute Gasteiger partial charge is 0.335 e. The highest BCUT2D eigenvalue weighted by molar-refractivity contribution is 6.30. The van der Waals surface area contributed by atoms with Crippen molar-refractivity contribution in [2.75, 3.05) is 0 Å². The maximum Gasteiger partial charge on any atom is 0.335 e. The Morgan fingerprint density at radius 3 is 2.44 bits per heavy atom. The lowest BCUT2D eigenvalue weighted by Gasteiger charge is -2.37. The third-order valence-electron chi connectivity index (χ3n) is 7.24. The van der Waals surface area contributed by atoms with Crippen LogP contribution in [0.25, 0.3) is 22.5 Å². The van der Waals surface area contributed by atoms with Crippen molar-refractivity contribution in [3.05, 3.63) is 70.8 Å². The van der Waals surface area contributed by atoms with E-state index in [-0.39, 0.29) is 12.4 Å². The minimum Gasteiger partial charge on any atom is -0.479 e. The van der Waals surface area contributed by atoms with Gasteiger partial charge in [0.2, 0.25) is 5.82 Å². The maximum atomic E-state index is 11.5. The van der Waals surface area contributed by atoms with Crippen molar-refractivity contribution < 1.29 is 39.9 Å². The molecule has 2 aromatic heterocycles. The second-order valence-corrected chi connectivity index (χ2v) is 10.4. The normalized spacial score (nSPS) is 22.0. The molecule has 14 nitrogen and oxygen atoms in total. The molecule has 0 saturated carbocycles. The number of ether oxygens (including phenoxy) is 1. The van der Waals surface area contributed by atoms with E-state index in [4.69, 9.17) is 21.2 Å². The van der Waals surface area contributed by atoms with Crippen molar-refractivity contribution in [2.24, 2.45) is 0 Å². The fourth-order valence-electron chi connectivity index (χ4n) is 4.92. The number of aliphatic hydroxyl groups is 4. The molecule has 43 heavy (non-hydrogen) atoms. The van der Waals surface area contributed by atoms with E-state index in [9.17, 15) is 30.3 Å². The summed E-state index contributed by atoms with van der Waals surface area (Å²) in [6, 6.07) is 15.0. The van der Waals surface area contributed by atoms with Gasteiger partial charge in [0.25, 0.3) is 6.29 Å². The number of carboxylic acid groups (broad SMARTS) is 1. The monoisotopic (exact) mass is 614 g/mol. The summed E-state index contributed by atoms with van der Waals surface area (Å²) in [5.41, 5.74) is 3.64. The molecule has 1 saturated heterocycles. The van der Waals surface area contributed by atoms with Gasteiger partial charge in [0, 0.05) is 18.5 Å². The predicted octanol–water partition coefficient (Wildman–Crippen LogP) is 1.06. The van der Waals surface area contributed by atoms with Crippen LogP contribution in [0, 0.1) is 0 Å². The molecule has 0 bridgehead atoms. The molecule has 5 rings (SSSR count). The second kappa shape index (κ2) is 13.2. The number of aromatic nitrogens is 6. The highest BCUT2D eigenvalue weighted by Gasteiger charge is 2.48. The highest BCUT2D eigenvalue weighted by Crippen LogP contribution is 2.31. The van der Waals surface area contributed by atoms with Gasteiger partial charge < -0.3 is 39.7 Å². The lowest BCUT2D eigenvalue weighted by atomic mass is 9.98. The molecule has 0 amide bonds. The molecule has 0 spiro atoms. The van der Waals surface area contributed by atoms with E-state index < -0.39 is 36.7 Å². The largest absolute Gasteiger partial charge is 0.479 e. The third kappa shape index (κ3) is 6.25. The Morgan fingerprint density at radius 2 is 1.77 bits per heavy atom. The third-order valence-corrected chi connectivity index (χ3v) is 7.54. The van der Waals surface area contributed by atoms with Crippen molar-refractivity contribution in [3.8, 4) is 22.5 Å². The zero-order valence-electron chi connectivity index (χ0n) is 23.1. The molecule has 5 atom stereocenters. The number of halogens is 1. The Hall–Kier alpha value is -3.92. The van der Waals surface area contributed by atoms with E-state index in [1.54, 1.807) is 12.1 Å². The first kappa shape index (κ1) is 30.5. The minimum absolute atomic E-state index is 0.115. The number of aryl methyl sites for hydroxylation is 1. The van der Waals surface area contributed by atoms with Gasteiger partial charge in [0.1, 0.15) is 24.1 Å². The molecule has 0 unspecified atom stereocenters. The summed E-state index contributed by atoms with van der Waals surface area (Å²) in [5.74, 6) is -0.608. The van der Waals surface area contributed by atoms with Gasteiger partial charge in [-0.3, -0.25) is 0 Å². The number of aliphatic hydroxyl groups excluding tert-OH is 4. The van der Waals surface area contributed by atoms with E-state index in [0.29, 0.717) is 23.0 Å². The van der Waals surface area contributed by atoms with Gasteiger partial charge in [-0.2, -0.15) is 0 Å². The number of benzene rings is 2. The van der Waals surface area contributed by atoms with E-state index >= 15 is 0 Å². The molecular weight excluding hydrogens is 584 g/mol. The quantitative estimate of drug-likeness (QED) is 0.161. The van der Waals surface area contributed by atoms with E-state index in [0.717, 1.165) is 46.6 Å². The van der Waals surface area contributed by atoms with Crippen molar-refractivity contribution in [1.29, 1.82) is 0 Å². The number of hydrogen-bond acceptors (Lipinski definition) is 11. The Labute approximate surface area is 250 Å². The van der Waals surface area contributed by atoms with Gasteiger partial charge in [-0.05, 0) is 33.5 Å². The molecular formula is C28H31ClN6O8. The molecule has 2 aromatic carbocycles. The Bertz CT molecular complexity index is 1560. The zero-order chi connectivity index (χ0) is 30.7. The maximum absolute atomic E-state index is 11.5. The molecule has 1 aliphatic heterocycles. The lowest BCUT2D eigenvalue weighted by Crippen LogP contribution is -2.62. The summed E-state index contributed by atoms with van der Waals surface area (Å²) in [7, 11) is 0. The first-order valence-corrected chi connectivity index (χ1v) is 14.0. The van der Waals surface area contributed by atoms with Gasteiger partial charge in [-0.15, -0.1) is 5.10 Å². The number of unbranched alkanes of at least 4 members (excludes halogenated alkanes) is 1. The van der Waals surface area contributed by atoms with Crippen molar-refractivity contribution in [1.82, 2.24) is 29.9 Å². The molecule has 0 radical (unpaired) electrons. The number of carboxylic acids is 1. The Balaban J connectivity index is 1.40. The summed E-state index contributed by atoms with van der Waals surface area (Å²) < 4.78 is 7.15. The van der Waals surface area contributed by atoms with E-state index in [2.05, 4.69) is 27.4 Å². The second-order valence-electron chi connectivity index (χ2n) is 10.1. The van der Waals surface area contributed by atoms with Crippen molar-refractivity contribution >= 4 is 17.6 Å². The molecule has 228 valence electrons. The topological polar surface area (TPSA) is 198 Å². The molecule has 0 aliphatic carbocycles. The van der Waals surface area contributed by atoms with Crippen LogP contribution in [-0.2, 0) is 29.1 Å². The summed E-state index contributed by atoms with van der Waals surface area (Å²) in [5, 5.41) is 61.5. The number of tetrazole rings is 1. The first-order valence-electron chi connectivity index (χ1n) is 13.6. The average molecular weight is 615 g/mol. The molecule has 5 N–H and O–H groups in total. The van der Waals surface area contributed by atoms with E-state index in [1.165, 1.54) is 0 Å². The van der Waals surface area contributed by atoms with Gasteiger partial charge >= 0.3 is 5.97 Å². The molecule has 1 fully saturated rings. The average Bonchev–Trinajstić information content (AvgIpc) is 3.59. The first-order chi connectivity index (χ1) is 20.7. The van der Waals surface area contributed by atoms with Gasteiger partial charge in [-0.25, -0.2) is 9.78 Å². The number of aliphatic carboxylic acids is 1. The number of carbonyl (C=O) groups is 1. The van der Waals surface area contributed by atoms with Crippen LogP contribution >= 0.6 is 11.6 Å². The fraction of sp³-hybridized carbons (Fsp3) is 0.393. The van der Waals surface area contributed by atoms with Crippen molar-refractivity contribution in [2.45, 2.75) is 70.0 Å². The van der Waals surface area contributed by atoms with Crippen LogP contribution in [0.3, 0.4) is 0 Å². The number of imidazole rings is 1. The number of hydrogen-bond donors (Lipinski definition) is 5. The lowest BCUT2D eigenvalue weighted by molar-refractivity contribution is -0.296. The van der Waals surface area contributed by atoms with Gasteiger partial charge in [-0.1, -0.05) is 78.3 Å². The SMILES string of the molecule is CCCCc1nc(Cl)c(CO)n1Cc1ccc(-c2ccccc2-c2nnnn2O[C@@H]2O[C@H](C(=O)O)[C@@H](O)[C@H](O)[C@H]2O)cc1. The van der Waals surface area contributed by atoms with Crippen LogP contribution in [0.2, 0.25) is 5.15 Å². The highest BCUT2D eigenvalue weighted by atomic mass is 35.5. The number of rotatable bonds is 11. The molecule has 4 aromatic rings. The van der Waals surface area contributed by atoms with Crippen LogP contribution in [0.5, 0.6) is 0 Å². The molecule has 1 aliphatic rings. The summed E-state index contributed by atoms with van der Waals surface area (Å²) in [4.78, 5) is 22.4. The predicted molar refractivity (Wildman–Crippen MR) is 150 cm³/mol. The van der Waals surface area contributed by atoms with Gasteiger partial charge in [0.15, 0.2) is 11.3 Å². The summed E-state index contributed by atoms with van der Waals surface area (Å²) in [6.45, 7) is 2.35. The van der Waals surface area contributed by atoms with Gasteiger partial charge in [0.05, 0.1) is 12.3 Å². The zero-order valence-corrected chi connectivity index (χ0v) is 23.8. The van der Waals surface area contributed by atoms with Crippen molar-refractivity contribution in [3.63, 3.8) is 0 Å². The molecule has 15 heteroatoms. The minimum atomic E-state index is -1.87. The van der Waals surface area contributed by atoms with Crippen LogP contribution in [0.15, 0.2) is 48.5 Å². The van der Waals surface area contributed by atoms with E-state index in [1.807, 2.05) is 41.0 Å². The summed E-state index contributed by atoms with van der Waals surface area (Å²) in [6.07, 6.45) is -6.34. The Morgan fingerprint density at radius 1 is 1.05 bits per heavy atom. The van der Waals surface area contributed by atoms with Crippen LogP contribution < -0.4 is 4.84 Å². The number of nitrogens with zero attached hydrogens (tertiary/aromatic N) is 6. The molecule has 3 heterocycles. The summed E-state index contributed by atoms with van der Waals surface area (Å²) >= 11 is 6.29. The van der Waals surface area contributed by atoms with Crippen LogP contribution in [-0.4, -0.2) is 92.1 Å². The van der Waals surface area contributed by atoms with Crippen LogP contribution in [0.1, 0.15) is 36.8 Å². The standard InChI is InChI=1S/C28H31ClN6O8/c1-2-3-8-20-30-25(29)19(14-36)34(20)13-15-9-11-16(12-10-15)17-6-4-5-7-18(17)26-31-32-33-35(26)43-28-23(39)21(37)22(38)24(42-28)27(40)41/h4-7,9-12,21-24,28,36-39H,2-3,8,13-14H2,1H3,(H,40,41)/t21-,22-,23+,24-,28-/m0/s1. The Kier molecular flexibility index (Phi) is 9.34.